The molecule has 1 heterocycles. The van der Waals surface area contributed by atoms with Gasteiger partial charge in [0.1, 0.15) is 28.6 Å². The molecule has 0 aliphatic carbocycles. The molecule has 118 valence electrons. The van der Waals surface area contributed by atoms with Crippen molar-refractivity contribution in [3.8, 4) is 17.2 Å². The topological polar surface area (TPSA) is 44.8 Å². The first kappa shape index (κ1) is 15.1. The van der Waals surface area contributed by atoms with Gasteiger partial charge >= 0.3 is 0 Å². The third kappa shape index (κ3) is 2.54. The summed E-state index contributed by atoms with van der Waals surface area (Å²) in [4.78, 5) is 12.6. The van der Waals surface area contributed by atoms with Crippen LogP contribution < -0.4 is 14.2 Å². The highest BCUT2D eigenvalue weighted by molar-refractivity contribution is 6.16. The van der Waals surface area contributed by atoms with Crippen molar-refractivity contribution >= 4 is 11.9 Å². The van der Waals surface area contributed by atoms with Crippen LogP contribution in [0.25, 0.3) is 6.08 Å². The van der Waals surface area contributed by atoms with Crippen molar-refractivity contribution in [3.05, 3.63) is 58.6 Å². The van der Waals surface area contributed by atoms with Crippen LogP contribution in [0.3, 0.4) is 0 Å². The second-order valence-electron chi connectivity index (χ2n) is 5.10. The molecule has 2 aromatic rings. The van der Waals surface area contributed by atoms with Gasteiger partial charge in [-0.15, -0.1) is 0 Å². The lowest BCUT2D eigenvalue weighted by molar-refractivity contribution is 0.101. The Hall–Kier alpha value is -2.82. The first-order valence-corrected chi connectivity index (χ1v) is 7.00. The summed E-state index contributed by atoms with van der Waals surface area (Å²) in [6, 6.07) is 7.46. The Morgan fingerprint density at radius 2 is 1.83 bits per heavy atom. The van der Waals surface area contributed by atoms with Crippen LogP contribution in [-0.2, 0) is 0 Å². The van der Waals surface area contributed by atoms with E-state index in [1.54, 1.807) is 31.4 Å². The number of benzene rings is 2. The molecule has 0 N–H and O–H groups in total. The van der Waals surface area contributed by atoms with Gasteiger partial charge in [0, 0.05) is 11.6 Å². The van der Waals surface area contributed by atoms with Crippen LogP contribution in [0.5, 0.6) is 17.2 Å². The highest BCUT2D eigenvalue weighted by Crippen LogP contribution is 2.44. The van der Waals surface area contributed by atoms with E-state index in [1.165, 1.54) is 19.2 Å². The number of hydrogen-bond donors (Lipinski definition) is 0. The molecular formula is C18H15FO4. The van der Waals surface area contributed by atoms with Crippen molar-refractivity contribution in [1.82, 2.24) is 0 Å². The summed E-state index contributed by atoms with van der Waals surface area (Å²) in [5.74, 6) is 0.964. The number of allylic oxidation sites excluding steroid dienone is 1. The third-order valence-electron chi connectivity index (χ3n) is 3.71. The third-order valence-corrected chi connectivity index (χ3v) is 3.71. The fraction of sp³-hybridized carbons (Fsp3) is 0.167. The van der Waals surface area contributed by atoms with E-state index in [2.05, 4.69) is 0 Å². The zero-order valence-electron chi connectivity index (χ0n) is 13.0. The second kappa shape index (κ2) is 5.76. The van der Waals surface area contributed by atoms with E-state index in [0.717, 1.165) is 5.56 Å². The number of fused-ring (bicyclic) bond motifs is 1. The minimum absolute atomic E-state index is 0.164. The summed E-state index contributed by atoms with van der Waals surface area (Å²) in [6.07, 6.45) is 1.57. The van der Waals surface area contributed by atoms with Gasteiger partial charge in [-0.1, -0.05) is 12.1 Å². The Labute approximate surface area is 133 Å². The maximum absolute atomic E-state index is 13.0. The smallest absolute Gasteiger partial charge is 0.235 e. The minimum Gasteiger partial charge on any atom is -0.496 e. The van der Waals surface area contributed by atoms with Crippen LogP contribution in [0.2, 0.25) is 0 Å². The van der Waals surface area contributed by atoms with E-state index >= 15 is 0 Å². The first-order chi connectivity index (χ1) is 11.0. The maximum atomic E-state index is 13.0. The van der Waals surface area contributed by atoms with E-state index < -0.39 is 0 Å². The molecule has 0 radical (unpaired) electrons. The van der Waals surface area contributed by atoms with Gasteiger partial charge in [-0.05, 0) is 30.7 Å². The number of hydrogen-bond acceptors (Lipinski definition) is 4. The van der Waals surface area contributed by atoms with Gasteiger partial charge in [0.2, 0.25) is 5.78 Å². The molecule has 0 bridgehead atoms. The SMILES string of the molecule is COc1cc2c(c(OC)c1C)C(=O)/C(=C/c1ccc(F)cc1)O2. The standard InChI is InChI=1S/C18H15FO4/c1-10-13(21-2)9-14-16(18(10)22-3)17(20)15(23-14)8-11-4-6-12(19)7-5-11/h4-9H,1-3H3/b15-8-. The van der Waals surface area contributed by atoms with E-state index in [1.807, 2.05) is 6.92 Å². The summed E-state index contributed by atoms with van der Waals surface area (Å²) in [5, 5.41) is 0. The molecule has 0 saturated heterocycles. The molecule has 23 heavy (non-hydrogen) atoms. The second-order valence-corrected chi connectivity index (χ2v) is 5.10. The number of methoxy groups -OCH3 is 2. The molecular weight excluding hydrogens is 299 g/mol. The summed E-state index contributed by atoms with van der Waals surface area (Å²) in [6.45, 7) is 1.81. The van der Waals surface area contributed by atoms with Gasteiger partial charge in [-0.25, -0.2) is 4.39 Å². The van der Waals surface area contributed by atoms with Crippen molar-refractivity contribution in [2.45, 2.75) is 6.92 Å². The number of Topliss-reactive ketones (excluding diaryl/α,β-unsaturated/α-hetero) is 1. The molecule has 0 aromatic heterocycles. The Morgan fingerprint density at radius 1 is 1.13 bits per heavy atom. The Bertz CT molecular complexity index is 807. The van der Waals surface area contributed by atoms with Crippen LogP contribution >= 0.6 is 0 Å². The highest BCUT2D eigenvalue weighted by atomic mass is 19.1. The number of ketones is 1. The quantitative estimate of drug-likeness (QED) is 0.809. The van der Waals surface area contributed by atoms with E-state index in [9.17, 15) is 9.18 Å². The van der Waals surface area contributed by atoms with Crippen LogP contribution in [0.15, 0.2) is 36.1 Å². The van der Waals surface area contributed by atoms with Crippen molar-refractivity contribution < 1.29 is 23.4 Å². The molecule has 0 saturated carbocycles. The number of carbonyl (C=O) groups excluding carboxylic acids is 1. The van der Waals surface area contributed by atoms with E-state index in [0.29, 0.717) is 28.4 Å². The van der Waals surface area contributed by atoms with Gasteiger partial charge in [0.15, 0.2) is 5.76 Å². The molecule has 0 unspecified atom stereocenters. The van der Waals surface area contributed by atoms with Crippen molar-refractivity contribution in [2.75, 3.05) is 14.2 Å². The highest BCUT2D eigenvalue weighted by Gasteiger charge is 2.33. The molecule has 3 rings (SSSR count). The fourth-order valence-electron chi connectivity index (χ4n) is 2.57. The molecule has 5 heteroatoms. The van der Waals surface area contributed by atoms with Crippen LogP contribution in [0.1, 0.15) is 21.5 Å². The van der Waals surface area contributed by atoms with Crippen LogP contribution in [-0.4, -0.2) is 20.0 Å². The van der Waals surface area contributed by atoms with Crippen molar-refractivity contribution in [1.29, 1.82) is 0 Å². The predicted octanol–water partition coefficient (Wildman–Crippen LogP) is 3.77. The average molecular weight is 314 g/mol. The monoisotopic (exact) mass is 314 g/mol. The molecule has 0 atom stereocenters. The van der Waals surface area contributed by atoms with Crippen LogP contribution in [0, 0.1) is 12.7 Å². The lowest BCUT2D eigenvalue weighted by atomic mass is 10.0. The fourth-order valence-corrected chi connectivity index (χ4v) is 2.57. The zero-order chi connectivity index (χ0) is 16.6. The summed E-state index contributed by atoms with van der Waals surface area (Å²) >= 11 is 0. The van der Waals surface area contributed by atoms with Gasteiger partial charge < -0.3 is 14.2 Å². The molecule has 0 amide bonds. The summed E-state index contributed by atoms with van der Waals surface area (Å²) in [5.41, 5.74) is 1.78. The molecule has 0 fully saturated rings. The lowest BCUT2D eigenvalue weighted by Gasteiger charge is -2.12. The van der Waals surface area contributed by atoms with Crippen molar-refractivity contribution in [2.24, 2.45) is 0 Å². The van der Waals surface area contributed by atoms with Crippen molar-refractivity contribution in [3.63, 3.8) is 0 Å². The Morgan fingerprint density at radius 3 is 2.43 bits per heavy atom. The predicted molar refractivity (Wildman–Crippen MR) is 83.6 cm³/mol. The number of ether oxygens (including phenoxy) is 3. The Kier molecular flexibility index (Phi) is 3.78. The molecule has 0 spiro atoms. The van der Waals surface area contributed by atoms with E-state index in [4.69, 9.17) is 14.2 Å². The van der Waals surface area contributed by atoms with E-state index in [-0.39, 0.29) is 17.4 Å². The van der Waals surface area contributed by atoms with Gasteiger partial charge in [-0.2, -0.15) is 0 Å². The summed E-state index contributed by atoms with van der Waals surface area (Å²) < 4.78 is 29.3. The van der Waals surface area contributed by atoms with Gasteiger partial charge in [0.05, 0.1) is 14.2 Å². The normalized spacial score (nSPS) is 14.6. The average Bonchev–Trinajstić information content (AvgIpc) is 2.85. The molecule has 1 aliphatic heterocycles. The molecule has 2 aromatic carbocycles. The lowest BCUT2D eigenvalue weighted by Crippen LogP contribution is -2.01. The molecule has 1 aliphatic rings. The number of carbonyl (C=O) groups is 1. The van der Waals surface area contributed by atoms with Gasteiger partial charge in [-0.3, -0.25) is 4.79 Å². The van der Waals surface area contributed by atoms with Crippen LogP contribution in [0.4, 0.5) is 4.39 Å². The largest absolute Gasteiger partial charge is 0.496 e. The first-order valence-electron chi connectivity index (χ1n) is 7.00. The zero-order valence-corrected chi connectivity index (χ0v) is 13.0. The van der Waals surface area contributed by atoms with Gasteiger partial charge in [0.25, 0.3) is 0 Å². The number of rotatable bonds is 3. The maximum Gasteiger partial charge on any atom is 0.235 e. The number of halogens is 1. The Balaban J connectivity index is 2.07. The summed E-state index contributed by atoms with van der Waals surface area (Å²) in [7, 11) is 3.04. The minimum atomic E-state index is -0.337. The molecule has 4 nitrogen and oxygen atoms in total.